The van der Waals surface area contributed by atoms with Crippen molar-refractivity contribution in [1.29, 1.82) is 0 Å². The van der Waals surface area contributed by atoms with E-state index in [0.717, 1.165) is 5.56 Å². The molecule has 1 amide bonds. The zero-order valence-corrected chi connectivity index (χ0v) is 12.9. The van der Waals surface area contributed by atoms with Crippen LogP contribution in [0.25, 0.3) is 6.08 Å². The Hall–Kier alpha value is -2.28. The van der Waals surface area contributed by atoms with Crippen molar-refractivity contribution < 1.29 is 23.7 Å². The van der Waals surface area contributed by atoms with Crippen molar-refractivity contribution in [3.05, 3.63) is 23.0 Å². The van der Waals surface area contributed by atoms with E-state index < -0.39 is 5.91 Å². The van der Waals surface area contributed by atoms with Gasteiger partial charge in [0.15, 0.2) is 17.3 Å². The Morgan fingerprint density at radius 3 is 2.33 bits per heavy atom. The van der Waals surface area contributed by atoms with E-state index in [9.17, 15) is 4.79 Å². The number of hydrogen-bond acceptors (Lipinski definition) is 6. The van der Waals surface area contributed by atoms with Gasteiger partial charge in [0.25, 0.3) is 11.1 Å². The van der Waals surface area contributed by atoms with Crippen LogP contribution in [-0.2, 0) is 9.53 Å². The third-order valence-electron chi connectivity index (χ3n) is 2.99. The Bertz CT molecular complexity index is 639. The van der Waals surface area contributed by atoms with Gasteiger partial charge in [-0.15, -0.1) is 0 Å². The number of carbonyl (C=O) groups is 1. The molecule has 0 aromatic heterocycles. The molecule has 0 atom stereocenters. The van der Waals surface area contributed by atoms with E-state index in [1.165, 1.54) is 14.2 Å². The Morgan fingerprint density at radius 1 is 1.19 bits per heavy atom. The lowest BCUT2D eigenvalue weighted by Gasteiger charge is -2.16. The molecule has 1 aromatic carbocycles. The lowest BCUT2D eigenvalue weighted by atomic mass is 10.0. The summed E-state index contributed by atoms with van der Waals surface area (Å²) in [5.41, 5.74) is 1.50. The highest BCUT2D eigenvalue weighted by atomic mass is 32.1. The number of hydrogen-bond donors (Lipinski definition) is 1. The van der Waals surface area contributed by atoms with Gasteiger partial charge in [-0.3, -0.25) is 10.1 Å². The maximum atomic E-state index is 11.7. The second-order valence-electron chi connectivity index (χ2n) is 4.23. The smallest absolute Gasteiger partial charge is 0.294 e. The lowest BCUT2D eigenvalue weighted by molar-refractivity contribution is -0.116. The molecule has 1 heterocycles. The van der Waals surface area contributed by atoms with Crippen LogP contribution in [0.4, 0.5) is 0 Å². The Morgan fingerprint density at radius 2 is 1.86 bits per heavy atom. The van der Waals surface area contributed by atoms with Crippen molar-refractivity contribution >= 4 is 29.4 Å². The number of aryl methyl sites for hydroxylation is 1. The average Bonchev–Trinajstić information content (AvgIpc) is 2.78. The standard InChI is InChI=1S/C14H15NO5S/c1-7-5-9(17-2)12(19-4)11(18-3)8(7)6-10-13(16)15-14(21)20-10/h5-6H,1-4H3,(H,15,16,21)/b10-6+. The topological polar surface area (TPSA) is 66.0 Å². The van der Waals surface area contributed by atoms with E-state index in [2.05, 4.69) is 5.32 Å². The van der Waals surface area contributed by atoms with Gasteiger partial charge >= 0.3 is 0 Å². The van der Waals surface area contributed by atoms with Crippen LogP contribution >= 0.6 is 12.2 Å². The molecule has 1 aliphatic rings. The van der Waals surface area contributed by atoms with E-state index in [1.807, 2.05) is 6.92 Å². The number of carbonyl (C=O) groups excluding carboxylic acids is 1. The summed E-state index contributed by atoms with van der Waals surface area (Å²) in [6.45, 7) is 1.86. The number of ether oxygens (including phenoxy) is 4. The number of benzene rings is 1. The van der Waals surface area contributed by atoms with Crippen LogP contribution in [0, 0.1) is 6.92 Å². The zero-order chi connectivity index (χ0) is 15.6. The van der Waals surface area contributed by atoms with Crippen LogP contribution in [0.5, 0.6) is 17.2 Å². The fraction of sp³-hybridized carbons (Fsp3) is 0.286. The largest absolute Gasteiger partial charge is 0.493 e. The van der Waals surface area contributed by atoms with E-state index in [1.54, 1.807) is 19.3 Å². The third-order valence-corrected chi connectivity index (χ3v) is 3.18. The van der Waals surface area contributed by atoms with Crippen LogP contribution in [0.15, 0.2) is 11.8 Å². The molecular formula is C14H15NO5S. The molecule has 1 fully saturated rings. The van der Waals surface area contributed by atoms with Crippen molar-refractivity contribution in [2.24, 2.45) is 0 Å². The van der Waals surface area contributed by atoms with Crippen LogP contribution in [0.1, 0.15) is 11.1 Å². The van der Waals surface area contributed by atoms with Gasteiger partial charge in [0.05, 0.1) is 21.3 Å². The minimum absolute atomic E-state index is 0.0309. The molecule has 0 unspecified atom stereocenters. The summed E-state index contributed by atoms with van der Waals surface area (Å²) in [7, 11) is 4.57. The number of methoxy groups -OCH3 is 3. The monoisotopic (exact) mass is 309 g/mol. The highest BCUT2D eigenvalue weighted by molar-refractivity contribution is 7.80. The molecule has 7 heteroatoms. The highest BCUT2D eigenvalue weighted by Gasteiger charge is 2.25. The van der Waals surface area contributed by atoms with Gasteiger partial charge in [-0.2, -0.15) is 0 Å². The first-order valence-electron chi connectivity index (χ1n) is 6.06. The van der Waals surface area contributed by atoms with Crippen molar-refractivity contribution in [3.8, 4) is 17.2 Å². The molecule has 1 aliphatic heterocycles. The van der Waals surface area contributed by atoms with E-state index >= 15 is 0 Å². The molecule has 6 nitrogen and oxygen atoms in total. The molecule has 1 aromatic rings. The molecule has 2 rings (SSSR count). The number of thiocarbonyl (C=S) groups is 1. The third kappa shape index (κ3) is 2.78. The summed E-state index contributed by atoms with van der Waals surface area (Å²) in [6.07, 6.45) is 1.56. The maximum Gasteiger partial charge on any atom is 0.294 e. The van der Waals surface area contributed by atoms with Crippen LogP contribution < -0.4 is 19.5 Å². The van der Waals surface area contributed by atoms with Gasteiger partial charge in [-0.1, -0.05) is 0 Å². The van der Waals surface area contributed by atoms with Crippen molar-refractivity contribution in [2.45, 2.75) is 6.92 Å². The first-order valence-corrected chi connectivity index (χ1v) is 6.47. The normalized spacial score (nSPS) is 15.7. The molecule has 1 saturated heterocycles. The van der Waals surface area contributed by atoms with Crippen molar-refractivity contribution in [3.63, 3.8) is 0 Å². The minimum Gasteiger partial charge on any atom is -0.493 e. The summed E-state index contributed by atoms with van der Waals surface area (Å²) in [5, 5.41) is 2.43. The molecular weight excluding hydrogens is 294 g/mol. The van der Waals surface area contributed by atoms with E-state index in [-0.39, 0.29) is 10.9 Å². The average molecular weight is 309 g/mol. The molecule has 0 radical (unpaired) electrons. The first kappa shape index (κ1) is 15.1. The molecule has 0 saturated carbocycles. The van der Waals surface area contributed by atoms with Crippen LogP contribution in [0.3, 0.4) is 0 Å². The summed E-state index contributed by atoms with van der Waals surface area (Å²) in [6, 6.07) is 1.79. The van der Waals surface area contributed by atoms with Gasteiger partial charge in [0.2, 0.25) is 5.75 Å². The fourth-order valence-corrected chi connectivity index (χ4v) is 2.21. The van der Waals surface area contributed by atoms with Gasteiger partial charge in [0, 0.05) is 5.56 Å². The predicted octanol–water partition coefficient (Wildman–Crippen LogP) is 1.79. The number of rotatable bonds is 4. The van der Waals surface area contributed by atoms with Gasteiger partial charge < -0.3 is 18.9 Å². The van der Waals surface area contributed by atoms with Crippen molar-refractivity contribution in [2.75, 3.05) is 21.3 Å². The number of amides is 1. The molecule has 0 bridgehead atoms. The molecule has 1 N–H and O–H groups in total. The van der Waals surface area contributed by atoms with Crippen molar-refractivity contribution in [1.82, 2.24) is 5.32 Å². The Labute approximate surface area is 127 Å². The zero-order valence-electron chi connectivity index (χ0n) is 12.1. The molecule has 112 valence electrons. The summed E-state index contributed by atoms with van der Waals surface area (Å²) in [4.78, 5) is 11.7. The molecule has 0 spiro atoms. The SMILES string of the molecule is COc1cc(C)c(/C=C2/OC(=S)NC2=O)c(OC)c1OC. The van der Waals surface area contributed by atoms with Gasteiger partial charge in [0.1, 0.15) is 0 Å². The lowest BCUT2D eigenvalue weighted by Crippen LogP contribution is -2.18. The summed E-state index contributed by atoms with van der Waals surface area (Å²) < 4.78 is 21.1. The predicted molar refractivity (Wildman–Crippen MR) is 80.6 cm³/mol. The summed E-state index contributed by atoms with van der Waals surface area (Å²) in [5.74, 6) is 1.15. The number of nitrogens with one attached hydrogen (secondary N) is 1. The van der Waals surface area contributed by atoms with Crippen LogP contribution in [0.2, 0.25) is 0 Å². The van der Waals surface area contributed by atoms with E-state index in [4.69, 9.17) is 31.2 Å². The second kappa shape index (κ2) is 6.01. The Kier molecular flexibility index (Phi) is 4.32. The first-order chi connectivity index (χ1) is 10.0. The highest BCUT2D eigenvalue weighted by Crippen LogP contribution is 2.42. The van der Waals surface area contributed by atoms with Gasteiger partial charge in [-0.25, -0.2) is 0 Å². The molecule has 0 aliphatic carbocycles. The van der Waals surface area contributed by atoms with Crippen LogP contribution in [-0.4, -0.2) is 32.4 Å². The van der Waals surface area contributed by atoms with Gasteiger partial charge in [-0.05, 0) is 36.8 Å². The Balaban J connectivity index is 2.61. The minimum atomic E-state index is -0.392. The fourth-order valence-electron chi connectivity index (χ4n) is 2.03. The summed E-state index contributed by atoms with van der Waals surface area (Å²) >= 11 is 4.80. The second-order valence-corrected chi connectivity index (χ2v) is 4.60. The maximum absolute atomic E-state index is 11.7. The molecule has 21 heavy (non-hydrogen) atoms. The quantitative estimate of drug-likeness (QED) is 0.676. The van der Waals surface area contributed by atoms with E-state index in [0.29, 0.717) is 22.8 Å².